The second-order valence-electron chi connectivity index (χ2n) is 8.17. The Morgan fingerprint density at radius 3 is 2.55 bits per heavy atom. The Morgan fingerprint density at radius 1 is 1.24 bits per heavy atom. The number of rotatable bonds is 7. The number of aliphatic hydroxyl groups excluding tert-OH is 1. The summed E-state index contributed by atoms with van der Waals surface area (Å²) in [4.78, 5) is 29.4. The summed E-state index contributed by atoms with van der Waals surface area (Å²) in [5.74, 6) is -2.60. The van der Waals surface area contributed by atoms with Gasteiger partial charge in [0.2, 0.25) is 0 Å². The van der Waals surface area contributed by atoms with Crippen LogP contribution in [-0.2, 0) is 9.59 Å². The molecule has 2 aromatic carbocycles. The Bertz CT molecular complexity index is 1130. The van der Waals surface area contributed by atoms with Crippen molar-refractivity contribution in [3.8, 4) is 11.5 Å². The summed E-state index contributed by atoms with van der Waals surface area (Å²) in [5, 5.41) is 21.3. The Morgan fingerprint density at radius 2 is 1.94 bits per heavy atom. The number of likely N-dealkylation sites (tertiary alicyclic amines) is 1. The van der Waals surface area contributed by atoms with E-state index in [-0.39, 0.29) is 29.2 Å². The smallest absolute Gasteiger partial charge is 0.295 e. The number of aromatic hydroxyl groups is 1. The first-order valence-electron chi connectivity index (χ1n) is 10.3. The minimum Gasteiger partial charge on any atom is -0.507 e. The molecule has 0 saturated carbocycles. The molecule has 1 unspecified atom stereocenters. The van der Waals surface area contributed by atoms with Crippen molar-refractivity contribution in [1.82, 2.24) is 9.80 Å². The van der Waals surface area contributed by atoms with Gasteiger partial charge in [-0.25, -0.2) is 4.39 Å². The van der Waals surface area contributed by atoms with Crippen LogP contribution in [0, 0.1) is 12.7 Å². The van der Waals surface area contributed by atoms with Gasteiger partial charge in [-0.1, -0.05) is 12.1 Å². The van der Waals surface area contributed by atoms with Crippen molar-refractivity contribution in [3.05, 3.63) is 62.9 Å². The summed E-state index contributed by atoms with van der Waals surface area (Å²) < 4.78 is 19.7. The first-order chi connectivity index (χ1) is 15.6. The molecule has 2 aromatic rings. The number of carbonyl (C=O) groups excluding carboxylic acids is 2. The third kappa shape index (κ3) is 4.89. The van der Waals surface area contributed by atoms with E-state index in [2.05, 4.69) is 15.9 Å². The Balaban J connectivity index is 2.19. The molecule has 9 heteroatoms. The molecule has 0 aromatic heterocycles. The van der Waals surface area contributed by atoms with Gasteiger partial charge < -0.3 is 24.7 Å². The highest BCUT2D eigenvalue weighted by Gasteiger charge is 2.46. The molecule has 3 rings (SSSR count). The molecule has 1 aliphatic heterocycles. The standard InChI is InChI=1S/C24H26BrFN2O5/c1-13-6-7-14(11-17(13)26)21(29)19-20(15-10-16(25)22(30)18(12-15)33-4)28(24(32)23(19)31)9-5-8-27(2)3/h6-7,10-12,20,29-30H,5,8-9H2,1-4H3. The number of aryl methyl sites for hydroxylation is 1. The molecular weight excluding hydrogens is 495 g/mol. The van der Waals surface area contributed by atoms with Crippen LogP contribution in [0.5, 0.6) is 11.5 Å². The SMILES string of the molecule is COc1cc(C2C(=C(O)c3ccc(C)c(F)c3)C(=O)C(=O)N2CCCN(C)C)cc(Br)c1O. The van der Waals surface area contributed by atoms with E-state index in [1.165, 1.54) is 30.2 Å². The number of hydrogen-bond acceptors (Lipinski definition) is 6. The number of nitrogens with zero attached hydrogens (tertiary/aromatic N) is 2. The van der Waals surface area contributed by atoms with Gasteiger partial charge in [0.15, 0.2) is 11.5 Å². The van der Waals surface area contributed by atoms with Crippen LogP contribution in [0.4, 0.5) is 4.39 Å². The number of benzene rings is 2. The number of halogens is 2. The highest BCUT2D eigenvalue weighted by Crippen LogP contribution is 2.44. The van der Waals surface area contributed by atoms with Crippen molar-refractivity contribution in [1.29, 1.82) is 0 Å². The Kier molecular flexibility index (Phi) is 7.44. The molecule has 0 bridgehead atoms. The molecule has 0 radical (unpaired) electrons. The molecule has 1 amide bonds. The lowest BCUT2D eigenvalue weighted by Crippen LogP contribution is -2.32. The average Bonchev–Trinajstić information content (AvgIpc) is 3.01. The van der Waals surface area contributed by atoms with Crippen molar-refractivity contribution in [3.63, 3.8) is 0 Å². The average molecular weight is 521 g/mol. The number of ether oxygens (including phenoxy) is 1. The van der Waals surface area contributed by atoms with Crippen LogP contribution < -0.4 is 4.74 Å². The highest BCUT2D eigenvalue weighted by molar-refractivity contribution is 9.10. The molecule has 33 heavy (non-hydrogen) atoms. The summed E-state index contributed by atoms with van der Waals surface area (Å²) in [6.45, 7) is 2.53. The Hall–Kier alpha value is -2.91. The van der Waals surface area contributed by atoms with Crippen molar-refractivity contribution < 1.29 is 28.9 Å². The number of phenolic OH excluding ortho intramolecular Hbond substituents is 1. The number of aliphatic hydroxyl groups is 1. The van der Waals surface area contributed by atoms with Gasteiger partial charge in [0.05, 0.1) is 23.2 Å². The van der Waals surface area contributed by atoms with Gasteiger partial charge in [-0.3, -0.25) is 9.59 Å². The predicted octanol–water partition coefficient (Wildman–Crippen LogP) is 3.98. The molecule has 0 spiro atoms. The van der Waals surface area contributed by atoms with Crippen molar-refractivity contribution in [2.75, 3.05) is 34.3 Å². The second kappa shape index (κ2) is 9.93. The predicted molar refractivity (Wildman–Crippen MR) is 126 cm³/mol. The van der Waals surface area contributed by atoms with Gasteiger partial charge in [-0.15, -0.1) is 0 Å². The largest absolute Gasteiger partial charge is 0.507 e. The number of amides is 1. The minimum absolute atomic E-state index is 0.0965. The fourth-order valence-electron chi connectivity index (χ4n) is 3.82. The van der Waals surface area contributed by atoms with E-state index in [0.717, 1.165) is 6.07 Å². The number of Topliss-reactive ketones (excluding diaryl/α,β-unsaturated/α-hetero) is 1. The molecule has 2 N–H and O–H groups in total. The Labute approximate surface area is 200 Å². The van der Waals surface area contributed by atoms with Crippen LogP contribution >= 0.6 is 15.9 Å². The summed E-state index contributed by atoms with van der Waals surface area (Å²) >= 11 is 3.27. The van der Waals surface area contributed by atoms with Gasteiger partial charge in [0, 0.05) is 12.1 Å². The topological polar surface area (TPSA) is 90.3 Å². The summed E-state index contributed by atoms with van der Waals surface area (Å²) in [6.07, 6.45) is 0.589. The van der Waals surface area contributed by atoms with Crippen LogP contribution in [-0.4, -0.2) is 66.0 Å². The van der Waals surface area contributed by atoms with Crippen molar-refractivity contribution >= 4 is 33.4 Å². The maximum Gasteiger partial charge on any atom is 0.295 e. The van der Waals surface area contributed by atoms with Crippen LogP contribution in [0.1, 0.15) is 29.2 Å². The van der Waals surface area contributed by atoms with Gasteiger partial charge >= 0.3 is 0 Å². The maximum absolute atomic E-state index is 14.2. The minimum atomic E-state index is -0.942. The van der Waals surface area contributed by atoms with Crippen LogP contribution in [0.25, 0.3) is 5.76 Å². The lowest BCUT2D eigenvalue weighted by Gasteiger charge is -2.26. The first kappa shape index (κ1) is 24.7. The molecule has 1 saturated heterocycles. The quantitative estimate of drug-likeness (QED) is 0.326. The molecular formula is C24H26BrFN2O5. The molecule has 1 aliphatic rings. The van der Waals surface area contributed by atoms with Crippen LogP contribution in [0.15, 0.2) is 40.4 Å². The zero-order chi connectivity index (χ0) is 24.4. The fraction of sp³-hybridized carbons (Fsp3) is 0.333. The molecule has 1 heterocycles. The molecule has 0 aliphatic carbocycles. The summed E-state index contributed by atoms with van der Waals surface area (Å²) in [5.41, 5.74) is 0.793. The normalized spacial score (nSPS) is 17.8. The van der Waals surface area contributed by atoms with Crippen LogP contribution in [0.2, 0.25) is 0 Å². The number of methoxy groups -OCH3 is 1. The van der Waals surface area contributed by atoms with Gasteiger partial charge in [0.1, 0.15) is 11.6 Å². The van der Waals surface area contributed by atoms with E-state index >= 15 is 0 Å². The third-order valence-electron chi connectivity index (χ3n) is 5.58. The first-order valence-corrected chi connectivity index (χ1v) is 11.1. The lowest BCUT2D eigenvalue weighted by molar-refractivity contribution is -0.139. The van der Waals surface area contributed by atoms with Crippen molar-refractivity contribution in [2.24, 2.45) is 0 Å². The van der Waals surface area contributed by atoms with Crippen LogP contribution in [0.3, 0.4) is 0 Å². The summed E-state index contributed by atoms with van der Waals surface area (Å²) in [6, 6.07) is 6.26. The number of phenols is 1. The number of hydrogen-bond donors (Lipinski definition) is 2. The van der Waals surface area contributed by atoms with Gasteiger partial charge in [-0.2, -0.15) is 0 Å². The number of ketones is 1. The highest BCUT2D eigenvalue weighted by atomic mass is 79.9. The molecule has 1 fully saturated rings. The summed E-state index contributed by atoms with van der Waals surface area (Å²) in [7, 11) is 5.19. The maximum atomic E-state index is 14.2. The molecule has 1 atom stereocenters. The van der Waals surface area contributed by atoms with Gasteiger partial charge in [0.25, 0.3) is 11.7 Å². The zero-order valence-corrected chi connectivity index (χ0v) is 20.4. The zero-order valence-electron chi connectivity index (χ0n) is 18.9. The van der Waals surface area contributed by atoms with E-state index in [1.54, 1.807) is 13.0 Å². The van der Waals surface area contributed by atoms with E-state index in [1.807, 2.05) is 19.0 Å². The van der Waals surface area contributed by atoms with E-state index < -0.39 is 29.3 Å². The second-order valence-corrected chi connectivity index (χ2v) is 9.02. The van der Waals surface area contributed by atoms with E-state index in [4.69, 9.17) is 4.74 Å². The van der Waals surface area contributed by atoms with E-state index in [9.17, 15) is 24.2 Å². The monoisotopic (exact) mass is 520 g/mol. The van der Waals surface area contributed by atoms with Gasteiger partial charge in [-0.05, 0) is 79.2 Å². The van der Waals surface area contributed by atoms with Crippen molar-refractivity contribution in [2.45, 2.75) is 19.4 Å². The molecule has 7 nitrogen and oxygen atoms in total. The number of carbonyl (C=O) groups is 2. The van der Waals surface area contributed by atoms with E-state index in [0.29, 0.717) is 28.6 Å². The lowest BCUT2D eigenvalue weighted by atomic mass is 9.94. The molecule has 176 valence electrons. The third-order valence-corrected chi connectivity index (χ3v) is 6.18. The fourth-order valence-corrected chi connectivity index (χ4v) is 4.28.